The first-order valence-electron chi connectivity index (χ1n) is 10.2. The lowest BCUT2D eigenvalue weighted by Gasteiger charge is -2.26. The molecule has 4 nitrogen and oxygen atoms in total. The van der Waals surface area contributed by atoms with E-state index in [0.29, 0.717) is 13.0 Å². The maximum absolute atomic E-state index is 13.2. The maximum atomic E-state index is 13.2. The molecule has 0 aromatic heterocycles. The van der Waals surface area contributed by atoms with Gasteiger partial charge in [-0.3, -0.25) is 9.69 Å². The molecule has 2 unspecified atom stereocenters. The highest BCUT2D eigenvalue weighted by Gasteiger charge is 2.47. The molecule has 4 rings (SSSR count). The second-order valence-corrected chi connectivity index (χ2v) is 7.96. The number of carbonyl (C=O) groups is 1. The van der Waals surface area contributed by atoms with Crippen molar-refractivity contribution in [2.24, 2.45) is 5.92 Å². The lowest BCUT2D eigenvalue weighted by molar-refractivity contribution is -0.138. The number of rotatable bonds is 6. The van der Waals surface area contributed by atoms with Gasteiger partial charge >= 0.3 is 6.18 Å². The van der Waals surface area contributed by atoms with E-state index in [-0.39, 0.29) is 17.4 Å². The topological polar surface area (TPSA) is 41.6 Å². The van der Waals surface area contributed by atoms with Gasteiger partial charge in [0.2, 0.25) is 5.91 Å². The van der Waals surface area contributed by atoms with Crippen molar-refractivity contribution in [3.8, 4) is 0 Å². The molecule has 160 valence electrons. The molecule has 1 saturated heterocycles. The van der Waals surface area contributed by atoms with Crippen LogP contribution in [0.15, 0.2) is 48.5 Å². The fourth-order valence-corrected chi connectivity index (χ4v) is 4.01. The number of carbonyl (C=O) groups excluding carboxylic acids is 1. The summed E-state index contributed by atoms with van der Waals surface area (Å²) in [5, 5.41) is 2.87. The molecule has 2 aromatic rings. The van der Waals surface area contributed by atoms with Gasteiger partial charge in [-0.1, -0.05) is 42.5 Å². The summed E-state index contributed by atoms with van der Waals surface area (Å²) in [5.74, 6) is -0.942. The molecule has 1 aliphatic heterocycles. The van der Waals surface area contributed by atoms with Gasteiger partial charge in [-0.05, 0) is 35.1 Å². The summed E-state index contributed by atoms with van der Waals surface area (Å²) in [4.78, 5) is 14.8. The second kappa shape index (κ2) is 8.78. The van der Waals surface area contributed by atoms with Crippen LogP contribution in [0.2, 0.25) is 0 Å². The number of hydrogen-bond donors (Lipinski definition) is 1. The number of morpholine rings is 1. The maximum Gasteiger partial charge on any atom is 0.416 e. The molecule has 0 spiro atoms. The van der Waals surface area contributed by atoms with Crippen LogP contribution in [-0.2, 0) is 28.8 Å². The van der Waals surface area contributed by atoms with Crippen molar-refractivity contribution < 1.29 is 22.7 Å². The summed E-state index contributed by atoms with van der Waals surface area (Å²) in [5.41, 5.74) is 1.76. The molecule has 30 heavy (non-hydrogen) atoms. The molecule has 2 aromatic carbocycles. The Morgan fingerprint density at radius 1 is 1.03 bits per heavy atom. The number of benzene rings is 2. The van der Waals surface area contributed by atoms with Gasteiger partial charge in [-0.15, -0.1) is 0 Å². The van der Waals surface area contributed by atoms with Gasteiger partial charge < -0.3 is 10.1 Å². The van der Waals surface area contributed by atoms with Crippen molar-refractivity contribution in [3.05, 3.63) is 70.8 Å². The molecule has 1 saturated carbocycles. The van der Waals surface area contributed by atoms with E-state index in [4.69, 9.17) is 4.74 Å². The number of ether oxygens (including phenoxy) is 1. The molecule has 2 aliphatic rings. The Labute approximate surface area is 174 Å². The van der Waals surface area contributed by atoms with E-state index in [2.05, 4.69) is 22.3 Å². The first-order chi connectivity index (χ1) is 14.4. The number of amides is 1. The Kier molecular flexibility index (Phi) is 6.11. The van der Waals surface area contributed by atoms with Gasteiger partial charge in [0.05, 0.1) is 18.8 Å². The quantitative estimate of drug-likeness (QED) is 0.772. The van der Waals surface area contributed by atoms with Gasteiger partial charge in [0.1, 0.15) is 0 Å². The van der Waals surface area contributed by atoms with Gasteiger partial charge in [-0.2, -0.15) is 13.2 Å². The SMILES string of the molecule is O=C(NCc1ccc(CN2CCOCC2)cc1)C1CC1c1ccccc1C(F)(F)F. The Morgan fingerprint density at radius 2 is 1.70 bits per heavy atom. The van der Waals surface area contributed by atoms with E-state index in [1.807, 2.05) is 12.1 Å². The summed E-state index contributed by atoms with van der Waals surface area (Å²) < 4.78 is 45.0. The molecule has 1 N–H and O–H groups in total. The average molecular weight is 418 g/mol. The minimum atomic E-state index is -4.40. The summed E-state index contributed by atoms with van der Waals surface area (Å²) in [6.45, 7) is 4.63. The zero-order valence-electron chi connectivity index (χ0n) is 16.6. The molecule has 0 radical (unpaired) electrons. The normalized spacial score (nSPS) is 22.0. The van der Waals surface area contributed by atoms with E-state index in [1.165, 1.54) is 17.7 Å². The zero-order chi connectivity index (χ0) is 21.1. The Hall–Kier alpha value is -2.38. The van der Waals surface area contributed by atoms with E-state index < -0.39 is 17.7 Å². The molecule has 2 fully saturated rings. The first kappa shape index (κ1) is 20.9. The summed E-state index contributed by atoms with van der Waals surface area (Å²) in [7, 11) is 0. The third-order valence-electron chi connectivity index (χ3n) is 5.79. The van der Waals surface area contributed by atoms with Crippen molar-refractivity contribution in [1.82, 2.24) is 10.2 Å². The van der Waals surface area contributed by atoms with Crippen LogP contribution < -0.4 is 5.32 Å². The van der Waals surface area contributed by atoms with E-state index in [0.717, 1.165) is 44.5 Å². The van der Waals surface area contributed by atoms with Crippen LogP contribution in [0.1, 0.15) is 34.6 Å². The number of alkyl halides is 3. The van der Waals surface area contributed by atoms with Crippen LogP contribution in [0.5, 0.6) is 0 Å². The molecule has 0 bridgehead atoms. The molecular formula is C23H25F3N2O2. The first-order valence-corrected chi connectivity index (χ1v) is 10.2. The summed E-state index contributed by atoms with van der Waals surface area (Å²) in [6.07, 6.45) is -3.94. The fourth-order valence-electron chi connectivity index (χ4n) is 4.01. The highest BCUT2D eigenvalue weighted by Crippen LogP contribution is 2.51. The minimum absolute atomic E-state index is 0.186. The number of nitrogens with one attached hydrogen (secondary N) is 1. The molecule has 1 heterocycles. The van der Waals surface area contributed by atoms with Crippen LogP contribution >= 0.6 is 0 Å². The lowest BCUT2D eigenvalue weighted by atomic mass is 10.0. The summed E-state index contributed by atoms with van der Waals surface area (Å²) in [6, 6.07) is 13.6. The van der Waals surface area contributed by atoms with Crippen LogP contribution in [-0.4, -0.2) is 37.1 Å². The van der Waals surface area contributed by atoms with Crippen LogP contribution in [0, 0.1) is 5.92 Å². The van der Waals surface area contributed by atoms with Crippen LogP contribution in [0.4, 0.5) is 13.2 Å². The van der Waals surface area contributed by atoms with Crippen molar-refractivity contribution in [2.75, 3.05) is 26.3 Å². The van der Waals surface area contributed by atoms with Gasteiger partial charge in [0, 0.05) is 32.1 Å². The molecule has 1 aliphatic carbocycles. The van der Waals surface area contributed by atoms with E-state index >= 15 is 0 Å². The van der Waals surface area contributed by atoms with Crippen molar-refractivity contribution >= 4 is 5.91 Å². The van der Waals surface area contributed by atoms with E-state index in [1.54, 1.807) is 6.07 Å². The second-order valence-electron chi connectivity index (χ2n) is 7.96. The minimum Gasteiger partial charge on any atom is -0.379 e. The van der Waals surface area contributed by atoms with Crippen molar-refractivity contribution in [3.63, 3.8) is 0 Å². The van der Waals surface area contributed by atoms with E-state index in [9.17, 15) is 18.0 Å². The fraction of sp³-hybridized carbons (Fsp3) is 0.435. The average Bonchev–Trinajstić information content (AvgIpc) is 3.54. The number of hydrogen-bond acceptors (Lipinski definition) is 3. The Morgan fingerprint density at radius 3 is 2.40 bits per heavy atom. The van der Waals surface area contributed by atoms with Gasteiger partial charge in [-0.25, -0.2) is 0 Å². The summed E-state index contributed by atoms with van der Waals surface area (Å²) >= 11 is 0. The van der Waals surface area contributed by atoms with Crippen molar-refractivity contribution in [2.45, 2.75) is 31.6 Å². The highest BCUT2D eigenvalue weighted by atomic mass is 19.4. The van der Waals surface area contributed by atoms with Crippen LogP contribution in [0.25, 0.3) is 0 Å². The smallest absolute Gasteiger partial charge is 0.379 e. The van der Waals surface area contributed by atoms with Crippen LogP contribution in [0.3, 0.4) is 0 Å². The highest BCUT2D eigenvalue weighted by molar-refractivity contribution is 5.83. The van der Waals surface area contributed by atoms with Gasteiger partial charge in [0.25, 0.3) is 0 Å². The third-order valence-corrected chi connectivity index (χ3v) is 5.79. The Bertz CT molecular complexity index is 877. The lowest BCUT2D eigenvalue weighted by Crippen LogP contribution is -2.35. The number of halogens is 3. The molecule has 2 atom stereocenters. The Balaban J connectivity index is 1.29. The predicted molar refractivity (Wildman–Crippen MR) is 107 cm³/mol. The molecule has 1 amide bonds. The molecular weight excluding hydrogens is 393 g/mol. The van der Waals surface area contributed by atoms with Gasteiger partial charge in [0.15, 0.2) is 0 Å². The zero-order valence-corrected chi connectivity index (χ0v) is 16.6. The van der Waals surface area contributed by atoms with Crippen molar-refractivity contribution in [1.29, 1.82) is 0 Å². The molecule has 7 heteroatoms. The number of nitrogens with zero attached hydrogens (tertiary/aromatic N) is 1. The monoisotopic (exact) mass is 418 g/mol. The largest absolute Gasteiger partial charge is 0.416 e. The standard InChI is InChI=1S/C23H25F3N2O2/c24-23(25,26)21-4-2-1-3-18(21)19-13-20(19)22(29)27-14-16-5-7-17(8-6-16)15-28-9-11-30-12-10-28/h1-8,19-20H,9-15H2,(H,27,29). The predicted octanol–water partition coefficient (Wildman–Crippen LogP) is 3.96. The third kappa shape index (κ3) is 5.02.